The molecule has 3 heterocycles. The molecular formula is C24H20ClN5O2S. The number of amides is 2. The van der Waals surface area contributed by atoms with Crippen molar-refractivity contribution in [1.82, 2.24) is 14.9 Å². The Morgan fingerprint density at radius 2 is 1.76 bits per heavy atom. The summed E-state index contributed by atoms with van der Waals surface area (Å²) in [6.07, 6.45) is 4.42. The summed E-state index contributed by atoms with van der Waals surface area (Å²) in [7, 11) is 0. The van der Waals surface area contributed by atoms with Gasteiger partial charge in [-0.1, -0.05) is 53.7 Å². The van der Waals surface area contributed by atoms with Crippen molar-refractivity contribution in [2.75, 3.05) is 5.75 Å². The Kier molecular flexibility index (Phi) is 5.47. The number of aromatic amines is 1. The largest absolute Gasteiger partial charge is 0.379 e. The minimum Gasteiger partial charge on any atom is -0.379 e. The van der Waals surface area contributed by atoms with E-state index in [4.69, 9.17) is 22.7 Å². The van der Waals surface area contributed by atoms with E-state index in [0.29, 0.717) is 39.6 Å². The molecule has 2 amide bonds. The fourth-order valence-electron chi connectivity index (χ4n) is 4.35. The van der Waals surface area contributed by atoms with Crippen LogP contribution in [0.3, 0.4) is 0 Å². The number of nitrogens with one attached hydrogen (secondary N) is 3. The Balaban J connectivity index is 1.68. The lowest BCUT2D eigenvalue weighted by molar-refractivity contribution is -0.122. The maximum absolute atomic E-state index is 13.0. The highest BCUT2D eigenvalue weighted by atomic mass is 35.5. The van der Waals surface area contributed by atoms with Gasteiger partial charge in [-0.25, -0.2) is 0 Å². The third kappa shape index (κ3) is 3.71. The van der Waals surface area contributed by atoms with Crippen LogP contribution in [0.4, 0.5) is 0 Å². The van der Waals surface area contributed by atoms with Gasteiger partial charge in [0.15, 0.2) is 5.17 Å². The van der Waals surface area contributed by atoms with Crippen molar-refractivity contribution in [3.63, 3.8) is 0 Å². The summed E-state index contributed by atoms with van der Waals surface area (Å²) in [6.45, 7) is 0.631. The smallest absolute Gasteiger partial charge is 0.259 e. The van der Waals surface area contributed by atoms with Crippen LogP contribution in [0, 0.1) is 5.41 Å². The number of hydrogen-bond donors (Lipinski definition) is 4. The number of aromatic nitrogens is 2. The molecule has 7 nitrogen and oxygen atoms in total. The topological polar surface area (TPSA) is 117 Å². The number of nitrogens with two attached hydrogens (primary N) is 1. The van der Waals surface area contributed by atoms with Crippen molar-refractivity contribution in [3.8, 4) is 0 Å². The van der Waals surface area contributed by atoms with E-state index >= 15 is 0 Å². The molecule has 0 saturated carbocycles. The Bertz CT molecular complexity index is 1480. The highest BCUT2D eigenvalue weighted by Gasteiger charge is 2.35. The molecule has 166 valence electrons. The summed E-state index contributed by atoms with van der Waals surface area (Å²) in [5.74, 6) is -0.149. The lowest BCUT2D eigenvalue weighted by atomic mass is 9.95. The Morgan fingerprint density at radius 1 is 1.03 bits per heavy atom. The number of carbonyl (C=O) groups is 2. The molecule has 0 unspecified atom stereocenters. The third-order valence-corrected chi connectivity index (χ3v) is 6.82. The zero-order valence-electron chi connectivity index (χ0n) is 17.4. The van der Waals surface area contributed by atoms with E-state index in [1.165, 1.54) is 11.8 Å². The van der Waals surface area contributed by atoms with Gasteiger partial charge in [-0.3, -0.25) is 20.3 Å². The van der Waals surface area contributed by atoms with E-state index in [0.717, 1.165) is 28.2 Å². The first-order valence-corrected chi connectivity index (χ1v) is 11.7. The summed E-state index contributed by atoms with van der Waals surface area (Å²) >= 11 is 7.84. The van der Waals surface area contributed by atoms with Gasteiger partial charge in [0, 0.05) is 52.1 Å². The molecule has 9 heteroatoms. The second-order valence-corrected chi connectivity index (χ2v) is 9.26. The maximum Gasteiger partial charge on any atom is 0.259 e. The summed E-state index contributed by atoms with van der Waals surface area (Å²) in [6, 6.07) is 13.2. The molecule has 1 aliphatic heterocycles. The number of benzene rings is 2. The van der Waals surface area contributed by atoms with Crippen LogP contribution < -0.4 is 11.1 Å². The second-order valence-electron chi connectivity index (χ2n) is 7.72. The molecule has 0 bridgehead atoms. The predicted molar refractivity (Wildman–Crippen MR) is 134 cm³/mol. The number of thioether (sulfide) groups is 1. The molecule has 0 spiro atoms. The first-order chi connectivity index (χ1) is 16.0. The summed E-state index contributed by atoms with van der Waals surface area (Å²) in [5, 5.41) is 12.2. The molecule has 0 saturated heterocycles. The molecule has 0 aliphatic carbocycles. The van der Waals surface area contributed by atoms with Gasteiger partial charge in [-0.15, -0.1) is 0 Å². The third-order valence-electron chi connectivity index (χ3n) is 5.71. The van der Waals surface area contributed by atoms with Gasteiger partial charge in [-0.05, 0) is 18.6 Å². The van der Waals surface area contributed by atoms with Crippen LogP contribution in [0.2, 0.25) is 5.02 Å². The fraction of sp³-hybridized carbons (Fsp3) is 0.125. The van der Waals surface area contributed by atoms with Crippen molar-refractivity contribution in [2.24, 2.45) is 5.73 Å². The van der Waals surface area contributed by atoms with Gasteiger partial charge in [0.2, 0.25) is 0 Å². The fourth-order valence-corrected chi connectivity index (χ4v) is 5.13. The standard InChI is InChI=1S/C24H20ClN5O2S/c25-17-7-3-6-14-16(12-30(21(14)17)9-4-10-33-24(26)27)20-19(22(31)29-23(20)32)15-11-28-18-8-2-1-5-13(15)18/h1-3,5-8,11-12,28H,4,9-10H2,(H3,26,27)(H,29,31,32). The average molecular weight is 478 g/mol. The van der Waals surface area contributed by atoms with Crippen LogP contribution in [0.5, 0.6) is 0 Å². The molecule has 2 aromatic heterocycles. The predicted octanol–water partition coefficient (Wildman–Crippen LogP) is 4.36. The monoisotopic (exact) mass is 477 g/mol. The molecule has 0 fully saturated rings. The molecule has 5 rings (SSSR count). The molecular weight excluding hydrogens is 458 g/mol. The molecule has 33 heavy (non-hydrogen) atoms. The van der Waals surface area contributed by atoms with Crippen LogP contribution in [0.25, 0.3) is 33.0 Å². The van der Waals surface area contributed by atoms with Crippen LogP contribution in [-0.4, -0.2) is 32.3 Å². The Morgan fingerprint density at radius 3 is 2.55 bits per heavy atom. The number of amidine groups is 1. The van der Waals surface area contributed by atoms with E-state index in [2.05, 4.69) is 10.3 Å². The number of nitrogens with zero attached hydrogens (tertiary/aromatic N) is 1. The lowest BCUT2D eigenvalue weighted by Crippen LogP contribution is -2.22. The van der Waals surface area contributed by atoms with Crippen molar-refractivity contribution in [3.05, 3.63) is 71.0 Å². The zero-order valence-corrected chi connectivity index (χ0v) is 19.0. The number of aryl methyl sites for hydroxylation is 1. The number of halogens is 1. The number of H-pyrrole nitrogens is 1. The summed E-state index contributed by atoms with van der Waals surface area (Å²) in [5.41, 5.74) is 9.17. The minimum absolute atomic E-state index is 0.0840. The van der Waals surface area contributed by atoms with E-state index in [-0.39, 0.29) is 5.17 Å². The SMILES string of the molecule is N=C(N)SCCCn1cc(C2=C(c3c[nH]c4ccccc34)C(=O)NC2=O)c2cccc(Cl)c21. The first-order valence-electron chi connectivity index (χ1n) is 10.4. The van der Waals surface area contributed by atoms with Gasteiger partial charge in [0.05, 0.1) is 21.7 Å². The van der Waals surface area contributed by atoms with Crippen LogP contribution in [0.15, 0.2) is 54.9 Å². The number of fused-ring (bicyclic) bond motifs is 2. The van der Waals surface area contributed by atoms with Gasteiger partial charge in [-0.2, -0.15) is 0 Å². The molecule has 4 aromatic rings. The number of imide groups is 1. The molecule has 2 aromatic carbocycles. The van der Waals surface area contributed by atoms with E-state index < -0.39 is 11.8 Å². The summed E-state index contributed by atoms with van der Waals surface area (Å²) < 4.78 is 2.00. The van der Waals surface area contributed by atoms with Crippen LogP contribution >= 0.6 is 23.4 Å². The lowest BCUT2D eigenvalue weighted by Gasteiger charge is -2.06. The Labute approximate surface area is 198 Å². The first kappa shape index (κ1) is 21.4. The van der Waals surface area contributed by atoms with Crippen molar-refractivity contribution < 1.29 is 9.59 Å². The number of carbonyl (C=O) groups excluding carboxylic acids is 2. The van der Waals surface area contributed by atoms with E-state index in [1.807, 2.05) is 53.2 Å². The van der Waals surface area contributed by atoms with Gasteiger partial charge in [0.25, 0.3) is 11.8 Å². The molecule has 0 radical (unpaired) electrons. The Hall–Kier alpha value is -3.49. The van der Waals surface area contributed by atoms with Crippen molar-refractivity contribution in [1.29, 1.82) is 5.41 Å². The number of para-hydroxylation sites is 2. The average Bonchev–Trinajstić information content (AvgIpc) is 3.44. The molecule has 5 N–H and O–H groups in total. The van der Waals surface area contributed by atoms with Gasteiger partial charge < -0.3 is 15.3 Å². The zero-order chi connectivity index (χ0) is 23.1. The van der Waals surface area contributed by atoms with Crippen LogP contribution in [-0.2, 0) is 16.1 Å². The van der Waals surface area contributed by atoms with Crippen LogP contribution in [0.1, 0.15) is 17.5 Å². The van der Waals surface area contributed by atoms with Crippen molar-refractivity contribution >= 4 is 73.3 Å². The molecule has 1 aliphatic rings. The normalized spacial score (nSPS) is 14.0. The summed E-state index contributed by atoms with van der Waals surface area (Å²) in [4.78, 5) is 29.1. The minimum atomic E-state index is -0.425. The highest BCUT2D eigenvalue weighted by molar-refractivity contribution is 8.13. The van der Waals surface area contributed by atoms with Gasteiger partial charge in [0.1, 0.15) is 0 Å². The van der Waals surface area contributed by atoms with Gasteiger partial charge >= 0.3 is 0 Å². The quantitative estimate of drug-likeness (QED) is 0.143. The van der Waals surface area contributed by atoms with E-state index in [9.17, 15) is 9.59 Å². The molecule has 0 atom stereocenters. The maximum atomic E-state index is 13.0. The van der Waals surface area contributed by atoms with Crippen molar-refractivity contribution in [2.45, 2.75) is 13.0 Å². The highest BCUT2D eigenvalue weighted by Crippen LogP contribution is 2.39. The second kappa shape index (κ2) is 8.46. The number of hydrogen-bond acceptors (Lipinski definition) is 4. The number of rotatable bonds is 6. The van der Waals surface area contributed by atoms with E-state index in [1.54, 1.807) is 6.20 Å².